The smallest absolute Gasteiger partial charge is 0.330 e. The van der Waals surface area contributed by atoms with Crippen molar-refractivity contribution in [3.63, 3.8) is 0 Å². The van der Waals surface area contributed by atoms with Crippen molar-refractivity contribution in [3.8, 4) is 22.5 Å². The third-order valence-corrected chi connectivity index (χ3v) is 8.01. The van der Waals surface area contributed by atoms with Gasteiger partial charge in [-0.3, -0.25) is 14.6 Å². The molecule has 2 aromatic heterocycles. The van der Waals surface area contributed by atoms with Crippen LogP contribution in [0.25, 0.3) is 22.5 Å². The number of rotatable bonds is 10. The Kier molecular flexibility index (Phi) is 9.24. The van der Waals surface area contributed by atoms with E-state index in [9.17, 15) is 22.8 Å². The van der Waals surface area contributed by atoms with E-state index in [0.717, 1.165) is 31.9 Å². The van der Waals surface area contributed by atoms with E-state index < -0.39 is 17.8 Å². The maximum absolute atomic E-state index is 13.7. The Labute approximate surface area is 246 Å². The van der Waals surface area contributed by atoms with Crippen LogP contribution >= 0.6 is 0 Å². The standard InChI is InChI=1S/C31H32F3N7O2/c32-31(33,34)28-26(5-2-14-36-28)23-4-1-3-20(15-23)16-24(17-27(42)21-8-6-19(18-35)7-9-21)30(43)37-25-12-10-22(11-13-25)29-38-40-41-39-29/h1-5,10-15,19,21,24H,6-9,16-18,35H2,(H,37,43)(H,38,39,40,41)/t19?,21?,24-/m1/s1. The number of tetrazole rings is 1. The van der Waals surface area contributed by atoms with E-state index in [2.05, 4.69) is 30.9 Å². The van der Waals surface area contributed by atoms with Gasteiger partial charge in [0.25, 0.3) is 0 Å². The number of amides is 1. The van der Waals surface area contributed by atoms with Crippen LogP contribution in [0.2, 0.25) is 0 Å². The van der Waals surface area contributed by atoms with Crippen LogP contribution in [0.15, 0.2) is 66.9 Å². The number of carbonyl (C=O) groups excluding carboxylic acids is 2. The minimum atomic E-state index is -4.62. The number of H-pyrrole nitrogens is 1. The molecule has 2 aromatic carbocycles. The van der Waals surface area contributed by atoms with Crippen LogP contribution in [0, 0.1) is 17.8 Å². The van der Waals surface area contributed by atoms with Gasteiger partial charge in [-0.1, -0.05) is 30.3 Å². The first kappa shape index (κ1) is 30.0. The molecule has 4 N–H and O–H groups in total. The second-order valence-corrected chi connectivity index (χ2v) is 10.9. The molecule has 9 nitrogen and oxygen atoms in total. The monoisotopic (exact) mass is 591 g/mol. The zero-order chi connectivity index (χ0) is 30.4. The summed E-state index contributed by atoms with van der Waals surface area (Å²) < 4.78 is 41.0. The van der Waals surface area contributed by atoms with Crippen LogP contribution in [0.3, 0.4) is 0 Å². The highest BCUT2D eigenvalue weighted by atomic mass is 19.4. The summed E-state index contributed by atoms with van der Waals surface area (Å²) in [5.74, 6) is -0.376. The van der Waals surface area contributed by atoms with Crippen molar-refractivity contribution >= 4 is 17.4 Å². The van der Waals surface area contributed by atoms with E-state index in [-0.39, 0.29) is 36.0 Å². The van der Waals surface area contributed by atoms with Crippen molar-refractivity contribution in [2.24, 2.45) is 23.5 Å². The molecule has 0 bridgehead atoms. The van der Waals surface area contributed by atoms with E-state index in [0.29, 0.717) is 40.7 Å². The first-order chi connectivity index (χ1) is 20.7. The number of nitrogens with zero attached hydrogens (tertiary/aromatic N) is 4. The van der Waals surface area contributed by atoms with Gasteiger partial charge in [0, 0.05) is 41.3 Å². The molecule has 43 heavy (non-hydrogen) atoms. The Bertz CT molecular complexity index is 1530. The average Bonchev–Trinajstić information content (AvgIpc) is 3.56. The normalized spacial score (nSPS) is 17.8. The highest BCUT2D eigenvalue weighted by Crippen LogP contribution is 2.36. The summed E-state index contributed by atoms with van der Waals surface area (Å²) in [6.07, 6.45) is -0.0771. The Balaban J connectivity index is 1.37. The summed E-state index contributed by atoms with van der Waals surface area (Å²) in [4.78, 5) is 30.6. The van der Waals surface area contributed by atoms with Crippen LogP contribution in [-0.4, -0.2) is 43.8 Å². The molecule has 0 radical (unpaired) electrons. The van der Waals surface area contributed by atoms with Crippen LogP contribution in [0.4, 0.5) is 18.9 Å². The summed E-state index contributed by atoms with van der Waals surface area (Å²) in [6, 6.07) is 16.3. The largest absolute Gasteiger partial charge is 0.433 e. The number of hydrogen-bond donors (Lipinski definition) is 3. The number of carbonyl (C=O) groups is 2. The molecule has 5 rings (SSSR count). The number of nitrogens with two attached hydrogens (primary N) is 1. The van der Waals surface area contributed by atoms with Gasteiger partial charge in [-0.25, -0.2) is 0 Å². The molecule has 4 aromatic rings. The number of alkyl halides is 3. The molecule has 1 amide bonds. The fourth-order valence-electron chi connectivity index (χ4n) is 5.63. The number of anilines is 1. The van der Waals surface area contributed by atoms with Crippen LogP contribution in [0.1, 0.15) is 43.4 Å². The molecule has 224 valence electrons. The van der Waals surface area contributed by atoms with Crippen molar-refractivity contribution in [1.29, 1.82) is 0 Å². The minimum absolute atomic E-state index is 0.0193. The lowest BCUT2D eigenvalue weighted by Crippen LogP contribution is -2.31. The van der Waals surface area contributed by atoms with Crippen molar-refractivity contribution in [1.82, 2.24) is 25.6 Å². The maximum atomic E-state index is 13.7. The van der Waals surface area contributed by atoms with E-state index >= 15 is 0 Å². The number of halogens is 3. The van der Waals surface area contributed by atoms with Gasteiger partial charge < -0.3 is 11.1 Å². The Morgan fingerprint density at radius 1 is 1.00 bits per heavy atom. The van der Waals surface area contributed by atoms with Gasteiger partial charge in [-0.15, -0.1) is 10.2 Å². The van der Waals surface area contributed by atoms with E-state index in [1.165, 1.54) is 12.1 Å². The lowest BCUT2D eigenvalue weighted by atomic mass is 9.77. The number of pyridine rings is 1. The summed E-state index contributed by atoms with van der Waals surface area (Å²) >= 11 is 0. The van der Waals surface area contributed by atoms with E-state index in [1.807, 2.05) is 0 Å². The predicted molar refractivity (Wildman–Crippen MR) is 154 cm³/mol. The topological polar surface area (TPSA) is 140 Å². The van der Waals surface area contributed by atoms with E-state index in [4.69, 9.17) is 5.73 Å². The zero-order valence-corrected chi connectivity index (χ0v) is 23.3. The first-order valence-corrected chi connectivity index (χ1v) is 14.2. The summed E-state index contributed by atoms with van der Waals surface area (Å²) in [5.41, 5.74) is 6.99. The van der Waals surface area contributed by atoms with Crippen LogP contribution in [0.5, 0.6) is 0 Å². The van der Waals surface area contributed by atoms with Crippen LogP contribution < -0.4 is 11.1 Å². The maximum Gasteiger partial charge on any atom is 0.433 e. The first-order valence-electron chi connectivity index (χ1n) is 14.2. The molecule has 2 heterocycles. The SMILES string of the molecule is NCC1CCC(C(=O)C[C@@H](Cc2cccc(-c3cccnc3C(F)(F)F)c2)C(=O)Nc2ccc(-c3nn[nH]n3)cc2)CC1. The van der Waals surface area contributed by atoms with Gasteiger partial charge in [-0.2, -0.15) is 18.4 Å². The number of ketones is 1. The molecule has 0 unspecified atom stereocenters. The van der Waals surface area contributed by atoms with Gasteiger partial charge in [0.15, 0.2) is 5.69 Å². The molecule has 1 saturated carbocycles. The number of hydrogen-bond acceptors (Lipinski definition) is 7. The molecular formula is C31H32F3N7O2. The molecule has 1 fully saturated rings. The second kappa shape index (κ2) is 13.2. The second-order valence-electron chi connectivity index (χ2n) is 10.9. The van der Waals surface area contributed by atoms with Crippen LogP contribution in [-0.2, 0) is 22.2 Å². The third-order valence-electron chi connectivity index (χ3n) is 8.01. The van der Waals surface area contributed by atoms with Crippen molar-refractivity contribution < 1.29 is 22.8 Å². The highest BCUT2D eigenvalue weighted by molar-refractivity contribution is 5.96. The van der Waals surface area contributed by atoms with Crippen molar-refractivity contribution in [2.45, 2.75) is 44.7 Å². The van der Waals surface area contributed by atoms with Gasteiger partial charge >= 0.3 is 6.18 Å². The highest BCUT2D eigenvalue weighted by Gasteiger charge is 2.35. The Morgan fingerprint density at radius 2 is 1.77 bits per heavy atom. The number of aromatic amines is 1. The van der Waals surface area contributed by atoms with Crippen molar-refractivity contribution in [2.75, 3.05) is 11.9 Å². The van der Waals surface area contributed by atoms with Gasteiger partial charge in [0.05, 0.1) is 0 Å². The molecular weight excluding hydrogens is 559 g/mol. The lowest BCUT2D eigenvalue weighted by molar-refractivity contribution is -0.140. The van der Waals surface area contributed by atoms with Gasteiger partial charge in [0.2, 0.25) is 11.7 Å². The molecule has 1 aliphatic carbocycles. The third kappa shape index (κ3) is 7.50. The summed E-state index contributed by atoms with van der Waals surface area (Å²) in [7, 11) is 0. The fraction of sp³-hybridized carbons (Fsp3) is 0.355. The molecule has 1 atom stereocenters. The molecule has 12 heteroatoms. The number of aromatic nitrogens is 5. The van der Waals surface area contributed by atoms with Crippen molar-refractivity contribution in [3.05, 3.63) is 78.1 Å². The molecule has 0 aliphatic heterocycles. The van der Waals surface area contributed by atoms with Gasteiger partial charge in [0.1, 0.15) is 5.78 Å². The Morgan fingerprint density at radius 3 is 2.44 bits per heavy atom. The number of nitrogens with one attached hydrogen (secondary N) is 2. The average molecular weight is 592 g/mol. The molecule has 0 spiro atoms. The zero-order valence-electron chi connectivity index (χ0n) is 23.3. The predicted octanol–water partition coefficient (Wildman–Crippen LogP) is 5.47. The van der Waals surface area contributed by atoms with E-state index in [1.54, 1.807) is 48.5 Å². The fourth-order valence-corrected chi connectivity index (χ4v) is 5.63. The number of benzene rings is 2. The van der Waals surface area contributed by atoms with Gasteiger partial charge in [-0.05, 0) is 91.2 Å². The quantitative estimate of drug-likeness (QED) is 0.222. The minimum Gasteiger partial charge on any atom is -0.330 e. The number of Topliss-reactive ketones (excluding diaryl/α,β-unsaturated/α-hetero) is 1. The molecule has 1 aliphatic rings. The Hall–Kier alpha value is -4.45. The molecule has 0 saturated heterocycles. The lowest BCUT2D eigenvalue weighted by Gasteiger charge is -2.27. The summed E-state index contributed by atoms with van der Waals surface area (Å²) in [5, 5.41) is 16.7. The summed E-state index contributed by atoms with van der Waals surface area (Å²) in [6.45, 7) is 0.598.